The number of benzene rings is 1. The minimum atomic E-state index is -0.446. The highest BCUT2D eigenvalue weighted by Crippen LogP contribution is 2.23. The molecule has 20 heavy (non-hydrogen) atoms. The average Bonchev–Trinajstić information content (AvgIpc) is 2.71. The van der Waals surface area contributed by atoms with Gasteiger partial charge in [-0.3, -0.25) is 9.48 Å². The predicted octanol–water partition coefficient (Wildman–Crippen LogP) is 2.42. The molecule has 0 aliphatic carbocycles. The van der Waals surface area contributed by atoms with Gasteiger partial charge in [0.15, 0.2) is 0 Å². The summed E-state index contributed by atoms with van der Waals surface area (Å²) >= 11 is 3.54. The number of amides is 1. The van der Waals surface area contributed by atoms with Crippen molar-refractivity contribution in [2.45, 2.75) is 20.0 Å². The molecule has 5 nitrogen and oxygen atoms in total. The molecule has 0 fully saturated rings. The van der Waals surface area contributed by atoms with Crippen LogP contribution in [0.25, 0.3) is 0 Å². The van der Waals surface area contributed by atoms with Gasteiger partial charge in [-0.2, -0.15) is 5.10 Å². The van der Waals surface area contributed by atoms with Crippen LogP contribution in [0.2, 0.25) is 0 Å². The van der Waals surface area contributed by atoms with Crippen molar-refractivity contribution in [2.75, 3.05) is 0 Å². The summed E-state index contributed by atoms with van der Waals surface area (Å²) in [5, 5.41) is 4.41. The Hall–Kier alpha value is -1.82. The quantitative estimate of drug-likeness (QED) is 0.910. The van der Waals surface area contributed by atoms with Gasteiger partial charge in [0.25, 0.3) is 0 Å². The zero-order valence-electron chi connectivity index (χ0n) is 11.4. The van der Waals surface area contributed by atoms with E-state index in [4.69, 9.17) is 10.5 Å². The van der Waals surface area contributed by atoms with Crippen molar-refractivity contribution in [3.05, 3.63) is 45.7 Å². The monoisotopic (exact) mass is 337 g/mol. The summed E-state index contributed by atoms with van der Waals surface area (Å²) < 4.78 is 8.49. The first-order valence-corrected chi connectivity index (χ1v) is 7.05. The maximum absolute atomic E-state index is 11.0. The van der Waals surface area contributed by atoms with Crippen molar-refractivity contribution in [1.29, 1.82) is 0 Å². The highest BCUT2D eigenvalue weighted by molar-refractivity contribution is 9.10. The van der Waals surface area contributed by atoms with Crippen molar-refractivity contribution in [1.82, 2.24) is 9.78 Å². The minimum Gasteiger partial charge on any atom is -0.487 e. The standard InChI is InChI=1S/C14H16BrN3O2/c1-3-11-13(15)12(18(2)17-11)8-20-10-6-4-9(5-7-10)14(16)19/h4-7H,3,8H2,1-2H3,(H2,16,19). The summed E-state index contributed by atoms with van der Waals surface area (Å²) in [6.45, 7) is 2.46. The second-order valence-electron chi connectivity index (χ2n) is 4.36. The summed E-state index contributed by atoms with van der Waals surface area (Å²) in [5.74, 6) is 0.236. The Bertz CT molecular complexity index is 620. The van der Waals surface area contributed by atoms with Crippen LogP contribution < -0.4 is 10.5 Å². The maximum atomic E-state index is 11.0. The smallest absolute Gasteiger partial charge is 0.248 e. The van der Waals surface area contributed by atoms with Gasteiger partial charge in [0.2, 0.25) is 5.91 Å². The molecule has 0 aliphatic rings. The molecule has 106 valence electrons. The molecule has 0 unspecified atom stereocenters. The fourth-order valence-corrected chi connectivity index (χ4v) is 2.57. The highest BCUT2D eigenvalue weighted by Gasteiger charge is 2.13. The van der Waals surface area contributed by atoms with Crippen molar-refractivity contribution in [3.63, 3.8) is 0 Å². The van der Waals surface area contributed by atoms with Crippen LogP contribution in [0.15, 0.2) is 28.7 Å². The minimum absolute atomic E-state index is 0.403. The SMILES string of the molecule is CCc1nn(C)c(COc2ccc(C(N)=O)cc2)c1Br. The van der Waals surface area contributed by atoms with Gasteiger partial charge in [0, 0.05) is 12.6 Å². The van der Waals surface area contributed by atoms with Gasteiger partial charge in [0.1, 0.15) is 12.4 Å². The number of aryl methyl sites for hydroxylation is 2. The number of rotatable bonds is 5. The van der Waals surface area contributed by atoms with Crippen LogP contribution in [-0.2, 0) is 20.1 Å². The number of carbonyl (C=O) groups excluding carboxylic acids is 1. The van der Waals surface area contributed by atoms with Crippen molar-refractivity contribution in [2.24, 2.45) is 12.8 Å². The van der Waals surface area contributed by atoms with Gasteiger partial charge < -0.3 is 10.5 Å². The Morgan fingerprint density at radius 2 is 2.05 bits per heavy atom. The van der Waals surface area contributed by atoms with E-state index in [1.165, 1.54) is 0 Å². The van der Waals surface area contributed by atoms with E-state index in [1.807, 2.05) is 7.05 Å². The largest absolute Gasteiger partial charge is 0.487 e. The first kappa shape index (κ1) is 14.6. The molecule has 0 radical (unpaired) electrons. The van der Waals surface area contributed by atoms with E-state index in [9.17, 15) is 4.79 Å². The van der Waals surface area contributed by atoms with Crippen LogP contribution >= 0.6 is 15.9 Å². The fourth-order valence-electron chi connectivity index (χ4n) is 1.84. The van der Waals surface area contributed by atoms with Gasteiger partial charge >= 0.3 is 0 Å². The Morgan fingerprint density at radius 1 is 1.40 bits per heavy atom. The van der Waals surface area contributed by atoms with E-state index < -0.39 is 5.91 Å². The third kappa shape index (κ3) is 3.01. The molecule has 0 saturated carbocycles. The number of halogens is 1. The Kier molecular flexibility index (Phi) is 4.44. The number of nitrogens with zero attached hydrogens (tertiary/aromatic N) is 2. The number of aromatic nitrogens is 2. The molecule has 2 N–H and O–H groups in total. The van der Waals surface area contributed by atoms with Crippen LogP contribution in [0.4, 0.5) is 0 Å². The Morgan fingerprint density at radius 3 is 2.55 bits per heavy atom. The lowest BCUT2D eigenvalue weighted by Gasteiger charge is -2.07. The summed E-state index contributed by atoms with van der Waals surface area (Å²) in [5.41, 5.74) is 7.64. The number of ether oxygens (including phenoxy) is 1. The lowest BCUT2D eigenvalue weighted by Crippen LogP contribution is -2.10. The number of nitrogens with two attached hydrogens (primary N) is 1. The topological polar surface area (TPSA) is 70.1 Å². The van der Waals surface area contributed by atoms with E-state index in [0.29, 0.717) is 17.9 Å². The van der Waals surface area contributed by atoms with Gasteiger partial charge in [-0.15, -0.1) is 0 Å². The van der Waals surface area contributed by atoms with Crippen LogP contribution in [0.5, 0.6) is 5.75 Å². The molecule has 2 rings (SSSR count). The Balaban J connectivity index is 2.09. The summed E-state index contributed by atoms with van der Waals surface area (Å²) in [6.07, 6.45) is 0.863. The van der Waals surface area contributed by atoms with Crippen LogP contribution in [0.1, 0.15) is 28.7 Å². The van der Waals surface area contributed by atoms with Gasteiger partial charge in [-0.05, 0) is 46.6 Å². The van der Waals surface area contributed by atoms with Crippen molar-refractivity contribution < 1.29 is 9.53 Å². The van der Waals surface area contributed by atoms with Crippen LogP contribution in [0.3, 0.4) is 0 Å². The van der Waals surface area contributed by atoms with Gasteiger partial charge in [-0.1, -0.05) is 6.92 Å². The zero-order valence-corrected chi connectivity index (χ0v) is 13.0. The lowest BCUT2D eigenvalue weighted by atomic mass is 10.2. The van der Waals surface area contributed by atoms with E-state index in [0.717, 1.165) is 22.3 Å². The molecule has 0 aliphatic heterocycles. The van der Waals surface area contributed by atoms with Crippen molar-refractivity contribution in [3.8, 4) is 5.75 Å². The zero-order chi connectivity index (χ0) is 14.7. The molecule has 0 saturated heterocycles. The summed E-state index contributed by atoms with van der Waals surface area (Å²) in [6, 6.07) is 6.75. The molecular formula is C14H16BrN3O2. The Labute approximate surface area is 125 Å². The first-order valence-electron chi connectivity index (χ1n) is 6.25. The first-order chi connectivity index (χ1) is 9.52. The number of hydrogen-bond acceptors (Lipinski definition) is 3. The number of primary amides is 1. The summed E-state index contributed by atoms with van der Waals surface area (Å²) in [7, 11) is 1.89. The van der Waals surface area contributed by atoms with E-state index in [-0.39, 0.29) is 0 Å². The van der Waals surface area contributed by atoms with E-state index in [2.05, 4.69) is 28.0 Å². The van der Waals surface area contributed by atoms with Crippen LogP contribution in [0, 0.1) is 0 Å². The molecule has 6 heteroatoms. The molecule has 2 aromatic rings. The second kappa shape index (κ2) is 6.09. The molecule has 0 atom stereocenters. The molecule has 1 heterocycles. The average molecular weight is 338 g/mol. The molecular weight excluding hydrogens is 322 g/mol. The van der Waals surface area contributed by atoms with Crippen LogP contribution in [-0.4, -0.2) is 15.7 Å². The van der Waals surface area contributed by atoms with E-state index >= 15 is 0 Å². The predicted molar refractivity (Wildman–Crippen MR) is 79.6 cm³/mol. The van der Waals surface area contributed by atoms with Gasteiger partial charge in [0.05, 0.1) is 15.9 Å². The molecule has 1 aromatic heterocycles. The number of carbonyl (C=O) groups is 1. The molecule has 0 bridgehead atoms. The third-order valence-corrected chi connectivity index (χ3v) is 3.93. The molecule has 1 amide bonds. The lowest BCUT2D eigenvalue weighted by molar-refractivity contribution is 0.100. The normalized spacial score (nSPS) is 10.6. The molecule has 0 spiro atoms. The van der Waals surface area contributed by atoms with E-state index in [1.54, 1.807) is 28.9 Å². The number of hydrogen-bond donors (Lipinski definition) is 1. The molecule has 1 aromatic carbocycles. The summed E-state index contributed by atoms with van der Waals surface area (Å²) in [4.78, 5) is 11.0. The highest BCUT2D eigenvalue weighted by atomic mass is 79.9. The third-order valence-electron chi connectivity index (χ3n) is 3.02. The van der Waals surface area contributed by atoms with Crippen molar-refractivity contribution >= 4 is 21.8 Å². The second-order valence-corrected chi connectivity index (χ2v) is 5.15. The fraction of sp³-hybridized carbons (Fsp3) is 0.286. The maximum Gasteiger partial charge on any atom is 0.248 e. The van der Waals surface area contributed by atoms with Gasteiger partial charge in [-0.25, -0.2) is 0 Å².